The molecule has 0 saturated carbocycles. The van der Waals surface area contributed by atoms with Crippen molar-refractivity contribution in [2.75, 3.05) is 0 Å². The normalized spacial score (nSPS) is 12.6. The summed E-state index contributed by atoms with van der Waals surface area (Å²) in [5.74, 6) is 0.508. The van der Waals surface area contributed by atoms with Crippen LogP contribution >= 0.6 is 0 Å². The fraction of sp³-hybridized carbons (Fsp3) is 0.286. The predicted molar refractivity (Wildman–Crippen MR) is 94.1 cm³/mol. The van der Waals surface area contributed by atoms with Gasteiger partial charge in [0.2, 0.25) is 5.69 Å². The molecule has 0 amide bonds. The van der Waals surface area contributed by atoms with Gasteiger partial charge in [-0.3, -0.25) is 0 Å². The second-order valence-corrected chi connectivity index (χ2v) is 6.80. The van der Waals surface area contributed by atoms with Gasteiger partial charge < -0.3 is 4.57 Å². The van der Waals surface area contributed by atoms with E-state index in [0.29, 0.717) is 5.92 Å². The second-order valence-electron chi connectivity index (χ2n) is 6.80. The van der Waals surface area contributed by atoms with E-state index in [9.17, 15) is 0 Å². The van der Waals surface area contributed by atoms with E-state index in [-0.39, 0.29) is 0 Å². The van der Waals surface area contributed by atoms with Gasteiger partial charge in [-0.1, -0.05) is 32.0 Å². The van der Waals surface area contributed by atoms with Crippen LogP contribution in [-0.4, -0.2) is 4.57 Å². The maximum Gasteiger partial charge on any atom is 0.230 e. The largest absolute Gasteiger partial charge is 0.308 e. The average molecular weight is 303 g/mol. The Morgan fingerprint density at radius 3 is 2.52 bits per heavy atom. The van der Waals surface area contributed by atoms with Crippen molar-refractivity contribution < 1.29 is 4.57 Å². The van der Waals surface area contributed by atoms with E-state index in [1.54, 1.807) is 0 Å². The van der Waals surface area contributed by atoms with Crippen LogP contribution in [0.3, 0.4) is 0 Å². The van der Waals surface area contributed by atoms with Crippen LogP contribution in [0.5, 0.6) is 0 Å². The molecule has 4 rings (SSSR count). The Labute approximate surface area is 138 Å². The minimum Gasteiger partial charge on any atom is -0.308 e. The van der Waals surface area contributed by atoms with Gasteiger partial charge in [0.25, 0.3) is 0 Å². The Morgan fingerprint density at radius 2 is 1.74 bits per heavy atom. The first-order valence-corrected chi connectivity index (χ1v) is 8.38. The summed E-state index contributed by atoms with van der Waals surface area (Å²) in [5, 5.41) is 0. The summed E-state index contributed by atoms with van der Waals surface area (Å²) in [6.45, 7) is 10.0. The third kappa shape index (κ3) is 1.98. The maximum absolute atomic E-state index is 2.47. The third-order valence-corrected chi connectivity index (χ3v) is 5.15. The highest BCUT2D eigenvalue weighted by atomic mass is 15.1. The Bertz CT molecular complexity index is 900. The molecule has 0 radical (unpaired) electrons. The summed E-state index contributed by atoms with van der Waals surface area (Å²) < 4.78 is 4.82. The van der Waals surface area contributed by atoms with E-state index in [1.165, 1.54) is 39.5 Å². The molecular formula is C21H23N2+. The number of para-hydroxylation sites is 1. The number of hydrogen-bond donors (Lipinski definition) is 0. The average Bonchev–Trinajstić information content (AvgIpc) is 3.04. The minimum absolute atomic E-state index is 0.508. The summed E-state index contributed by atoms with van der Waals surface area (Å²) in [4.78, 5) is 0. The van der Waals surface area contributed by atoms with Gasteiger partial charge in [-0.05, 0) is 43.0 Å². The number of rotatable bonds is 2. The Hall–Kier alpha value is -2.35. The molecule has 1 aliphatic rings. The molecule has 0 saturated heterocycles. The number of pyridine rings is 1. The van der Waals surface area contributed by atoms with Crippen LogP contribution < -0.4 is 4.57 Å². The highest BCUT2D eigenvalue weighted by molar-refractivity contribution is 5.68. The SMILES string of the molecule is Cc1c2c(n(-c3ccccc3C(C)C)c1C)-c1cccc[n+]1C2. The number of nitrogens with zero attached hydrogens (tertiary/aromatic N) is 2. The second kappa shape index (κ2) is 5.09. The highest BCUT2D eigenvalue weighted by Gasteiger charge is 2.33. The molecule has 0 spiro atoms. The van der Waals surface area contributed by atoms with E-state index >= 15 is 0 Å². The summed E-state index contributed by atoms with van der Waals surface area (Å²) in [7, 11) is 0. The molecule has 1 aliphatic heterocycles. The van der Waals surface area contributed by atoms with Crippen molar-refractivity contribution >= 4 is 0 Å². The molecule has 116 valence electrons. The van der Waals surface area contributed by atoms with E-state index < -0.39 is 0 Å². The van der Waals surface area contributed by atoms with Crippen molar-refractivity contribution in [3.8, 4) is 17.1 Å². The van der Waals surface area contributed by atoms with Crippen LogP contribution in [0.25, 0.3) is 17.1 Å². The quantitative estimate of drug-likeness (QED) is 0.481. The number of fused-ring (bicyclic) bond motifs is 3. The van der Waals surface area contributed by atoms with E-state index in [1.807, 2.05) is 0 Å². The van der Waals surface area contributed by atoms with Gasteiger partial charge in [0.05, 0.1) is 5.56 Å². The molecule has 2 heteroatoms. The van der Waals surface area contributed by atoms with E-state index in [2.05, 4.69) is 85.5 Å². The Balaban J connectivity index is 2.06. The Kier molecular flexibility index (Phi) is 3.15. The monoisotopic (exact) mass is 303 g/mol. The zero-order valence-corrected chi connectivity index (χ0v) is 14.3. The zero-order chi connectivity index (χ0) is 16.1. The van der Waals surface area contributed by atoms with Crippen LogP contribution in [0, 0.1) is 13.8 Å². The minimum atomic E-state index is 0.508. The number of hydrogen-bond acceptors (Lipinski definition) is 0. The van der Waals surface area contributed by atoms with Crippen molar-refractivity contribution in [1.82, 2.24) is 4.57 Å². The first-order chi connectivity index (χ1) is 11.1. The van der Waals surface area contributed by atoms with Gasteiger partial charge in [-0.25, -0.2) is 0 Å². The lowest BCUT2D eigenvalue weighted by Gasteiger charge is -2.17. The van der Waals surface area contributed by atoms with Gasteiger partial charge in [-0.2, -0.15) is 4.57 Å². The summed E-state index contributed by atoms with van der Waals surface area (Å²) >= 11 is 0. The van der Waals surface area contributed by atoms with Crippen molar-refractivity contribution in [3.05, 3.63) is 71.0 Å². The van der Waals surface area contributed by atoms with E-state index in [0.717, 1.165) is 6.54 Å². The van der Waals surface area contributed by atoms with Crippen molar-refractivity contribution in [2.24, 2.45) is 0 Å². The van der Waals surface area contributed by atoms with Crippen LogP contribution in [-0.2, 0) is 6.54 Å². The van der Waals surface area contributed by atoms with Crippen LogP contribution in [0.15, 0.2) is 48.7 Å². The molecule has 0 atom stereocenters. The summed E-state index contributed by atoms with van der Waals surface area (Å²) in [5.41, 5.74) is 9.66. The molecule has 2 aromatic heterocycles. The smallest absolute Gasteiger partial charge is 0.230 e. The van der Waals surface area contributed by atoms with Gasteiger partial charge in [0.1, 0.15) is 5.69 Å². The fourth-order valence-corrected chi connectivity index (χ4v) is 3.81. The molecule has 0 N–H and O–H groups in total. The van der Waals surface area contributed by atoms with Crippen molar-refractivity contribution in [1.29, 1.82) is 0 Å². The summed E-state index contributed by atoms with van der Waals surface area (Å²) in [6.07, 6.45) is 2.18. The molecule has 0 aliphatic carbocycles. The molecule has 1 aromatic carbocycles. The zero-order valence-electron chi connectivity index (χ0n) is 14.3. The lowest BCUT2D eigenvalue weighted by Crippen LogP contribution is -2.32. The standard InChI is InChI=1S/C21H23N2/c1-14(2)17-9-5-6-10-19(17)23-16(4)15(3)18-13-22-12-8-7-11-20(22)21(18)23/h5-12,14H,13H2,1-4H3/q+1. The van der Waals surface area contributed by atoms with Crippen molar-refractivity contribution in [3.63, 3.8) is 0 Å². The first-order valence-electron chi connectivity index (χ1n) is 8.38. The van der Waals surface area contributed by atoms with Gasteiger partial charge in [0.15, 0.2) is 12.7 Å². The van der Waals surface area contributed by atoms with Crippen LogP contribution in [0.2, 0.25) is 0 Å². The van der Waals surface area contributed by atoms with Crippen molar-refractivity contribution in [2.45, 2.75) is 40.2 Å². The lowest BCUT2D eigenvalue weighted by molar-refractivity contribution is -0.672. The van der Waals surface area contributed by atoms with Gasteiger partial charge in [-0.15, -0.1) is 0 Å². The van der Waals surface area contributed by atoms with Crippen LogP contribution in [0.4, 0.5) is 0 Å². The predicted octanol–water partition coefficient (Wildman–Crippen LogP) is 4.53. The summed E-state index contributed by atoms with van der Waals surface area (Å²) in [6, 6.07) is 15.3. The molecule has 0 bridgehead atoms. The molecular weight excluding hydrogens is 280 g/mol. The molecule has 0 unspecified atom stereocenters. The molecule has 3 aromatic rings. The lowest BCUT2D eigenvalue weighted by atomic mass is 10.0. The van der Waals surface area contributed by atoms with Crippen LogP contribution in [0.1, 0.15) is 42.1 Å². The molecule has 2 nitrogen and oxygen atoms in total. The van der Waals surface area contributed by atoms with Gasteiger partial charge in [0, 0.05) is 23.5 Å². The topological polar surface area (TPSA) is 8.81 Å². The molecule has 23 heavy (non-hydrogen) atoms. The number of aromatic nitrogens is 2. The Morgan fingerprint density at radius 1 is 1.00 bits per heavy atom. The maximum atomic E-state index is 2.47. The molecule has 3 heterocycles. The third-order valence-electron chi connectivity index (χ3n) is 5.15. The van der Waals surface area contributed by atoms with E-state index in [4.69, 9.17) is 0 Å². The molecule has 0 fully saturated rings. The highest BCUT2D eigenvalue weighted by Crippen LogP contribution is 2.37. The fourth-order valence-electron chi connectivity index (χ4n) is 3.81. The number of benzene rings is 1. The first kappa shape index (κ1) is 14.3. The van der Waals surface area contributed by atoms with Gasteiger partial charge >= 0.3 is 0 Å².